The van der Waals surface area contributed by atoms with E-state index in [0.717, 1.165) is 31.5 Å². The van der Waals surface area contributed by atoms with E-state index in [1.807, 2.05) is 26.0 Å². The van der Waals surface area contributed by atoms with Crippen LogP contribution in [0.5, 0.6) is 5.75 Å². The zero-order valence-corrected chi connectivity index (χ0v) is 15.9. The molecule has 2 rings (SSSR count). The van der Waals surface area contributed by atoms with Crippen LogP contribution in [-0.4, -0.2) is 42.1 Å². The van der Waals surface area contributed by atoms with Gasteiger partial charge in [0.25, 0.3) is 5.91 Å². The highest BCUT2D eigenvalue weighted by Gasteiger charge is 2.26. The SMILES string of the molecule is CCC(Oc1cc(C)ccc1Cl)C(=O)NC1CCN(C(C)C)CC1. The molecule has 1 N–H and O–H groups in total. The second kappa shape index (κ2) is 8.72. The molecule has 0 spiro atoms. The third-order valence-electron chi connectivity index (χ3n) is 4.63. The standard InChI is InChI=1S/C19H29ClN2O2/c1-5-17(24-18-12-14(4)6-7-16(18)20)19(23)21-15-8-10-22(11-9-15)13(2)3/h6-7,12-13,15,17H,5,8-11H2,1-4H3,(H,21,23). The minimum absolute atomic E-state index is 0.0435. The maximum Gasteiger partial charge on any atom is 0.261 e. The van der Waals surface area contributed by atoms with E-state index >= 15 is 0 Å². The maximum absolute atomic E-state index is 12.6. The molecule has 0 aliphatic carbocycles. The van der Waals surface area contributed by atoms with Crippen LogP contribution in [0.3, 0.4) is 0 Å². The molecule has 1 heterocycles. The Bertz CT molecular complexity index is 554. The summed E-state index contributed by atoms with van der Waals surface area (Å²) in [5.74, 6) is 0.534. The van der Waals surface area contributed by atoms with Gasteiger partial charge in [-0.1, -0.05) is 24.6 Å². The zero-order chi connectivity index (χ0) is 17.7. The second-order valence-corrected chi connectivity index (χ2v) is 7.27. The molecule has 24 heavy (non-hydrogen) atoms. The van der Waals surface area contributed by atoms with Crippen molar-refractivity contribution in [3.8, 4) is 5.75 Å². The van der Waals surface area contributed by atoms with E-state index < -0.39 is 6.10 Å². The fourth-order valence-electron chi connectivity index (χ4n) is 3.03. The molecule has 5 heteroatoms. The monoisotopic (exact) mass is 352 g/mol. The number of piperidine rings is 1. The van der Waals surface area contributed by atoms with Gasteiger partial charge >= 0.3 is 0 Å². The predicted octanol–water partition coefficient (Wildman–Crippen LogP) is 3.79. The van der Waals surface area contributed by atoms with E-state index in [1.165, 1.54) is 0 Å². The topological polar surface area (TPSA) is 41.6 Å². The fourth-order valence-corrected chi connectivity index (χ4v) is 3.19. The Balaban J connectivity index is 1.91. The van der Waals surface area contributed by atoms with Gasteiger partial charge < -0.3 is 15.0 Å². The normalized spacial score (nSPS) is 17.8. The fraction of sp³-hybridized carbons (Fsp3) is 0.632. The van der Waals surface area contributed by atoms with Crippen LogP contribution in [0.25, 0.3) is 0 Å². The molecule has 0 radical (unpaired) electrons. The van der Waals surface area contributed by atoms with Crippen molar-refractivity contribution in [1.82, 2.24) is 10.2 Å². The van der Waals surface area contributed by atoms with Crippen LogP contribution in [0.15, 0.2) is 18.2 Å². The Kier molecular flexibility index (Phi) is 6.93. The van der Waals surface area contributed by atoms with Crippen LogP contribution in [0.2, 0.25) is 5.02 Å². The van der Waals surface area contributed by atoms with Gasteiger partial charge in [0.05, 0.1) is 5.02 Å². The first-order valence-electron chi connectivity index (χ1n) is 8.88. The number of benzene rings is 1. The summed E-state index contributed by atoms with van der Waals surface area (Å²) in [6.07, 6.45) is 2.09. The molecule has 1 atom stereocenters. The number of likely N-dealkylation sites (tertiary alicyclic amines) is 1. The highest BCUT2D eigenvalue weighted by molar-refractivity contribution is 6.32. The van der Waals surface area contributed by atoms with E-state index in [9.17, 15) is 4.79 Å². The van der Waals surface area contributed by atoms with Gasteiger partial charge in [0.2, 0.25) is 0 Å². The number of carbonyl (C=O) groups is 1. The van der Waals surface area contributed by atoms with Crippen molar-refractivity contribution in [3.63, 3.8) is 0 Å². The molecule has 134 valence electrons. The van der Waals surface area contributed by atoms with Crippen molar-refractivity contribution in [3.05, 3.63) is 28.8 Å². The van der Waals surface area contributed by atoms with Gasteiger partial charge in [-0.2, -0.15) is 0 Å². The first kappa shape index (κ1) is 19.1. The Morgan fingerprint density at radius 1 is 1.38 bits per heavy atom. The largest absolute Gasteiger partial charge is 0.479 e. The van der Waals surface area contributed by atoms with E-state index in [-0.39, 0.29) is 11.9 Å². The van der Waals surface area contributed by atoms with Crippen molar-refractivity contribution in [2.45, 2.75) is 65.1 Å². The summed E-state index contributed by atoms with van der Waals surface area (Å²) in [6, 6.07) is 6.41. The Morgan fingerprint density at radius 3 is 2.62 bits per heavy atom. The van der Waals surface area contributed by atoms with Gasteiger partial charge in [-0.05, 0) is 57.7 Å². The molecule has 1 amide bonds. The van der Waals surface area contributed by atoms with Crippen molar-refractivity contribution in [2.75, 3.05) is 13.1 Å². The van der Waals surface area contributed by atoms with E-state index in [4.69, 9.17) is 16.3 Å². The molecule has 1 aromatic carbocycles. The Morgan fingerprint density at radius 2 is 2.04 bits per heavy atom. The number of ether oxygens (including phenoxy) is 1. The average molecular weight is 353 g/mol. The molecular formula is C19H29ClN2O2. The first-order chi connectivity index (χ1) is 11.4. The summed E-state index contributed by atoms with van der Waals surface area (Å²) in [5, 5.41) is 3.69. The van der Waals surface area contributed by atoms with Crippen LogP contribution in [0, 0.1) is 6.92 Å². The van der Waals surface area contributed by atoms with Gasteiger partial charge in [-0.3, -0.25) is 4.79 Å². The molecule has 1 aromatic rings. The lowest BCUT2D eigenvalue weighted by atomic mass is 10.0. The smallest absolute Gasteiger partial charge is 0.261 e. The number of hydrogen-bond acceptors (Lipinski definition) is 3. The summed E-state index contributed by atoms with van der Waals surface area (Å²) in [6.45, 7) is 10.4. The lowest BCUT2D eigenvalue weighted by molar-refractivity contribution is -0.129. The van der Waals surface area contributed by atoms with Crippen molar-refractivity contribution < 1.29 is 9.53 Å². The Labute approximate surface area is 150 Å². The molecule has 1 unspecified atom stereocenters. The number of nitrogens with one attached hydrogen (secondary N) is 1. The third kappa shape index (κ3) is 5.12. The molecule has 1 fully saturated rings. The summed E-state index contributed by atoms with van der Waals surface area (Å²) >= 11 is 6.18. The minimum atomic E-state index is -0.507. The Hall–Kier alpha value is -1.26. The van der Waals surface area contributed by atoms with E-state index in [2.05, 4.69) is 24.1 Å². The van der Waals surface area contributed by atoms with Crippen LogP contribution in [-0.2, 0) is 4.79 Å². The quantitative estimate of drug-likeness (QED) is 0.846. The number of amides is 1. The predicted molar refractivity (Wildman–Crippen MR) is 98.8 cm³/mol. The van der Waals surface area contributed by atoms with Gasteiger partial charge in [0, 0.05) is 25.2 Å². The minimum Gasteiger partial charge on any atom is -0.479 e. The molecule has 0 bridgehead atoms. The molecule has 0 saturated carbocycles. The molecule has 0 aromatic heterocycles. The van der Waals surface area contributed by atoms with Crippen LogP contribution in [0.1, 0.15) is 45.6 Å². The van der Waals surface area contributed by atoms with Crippen LogP contribution < -0.4 is 10.1 Å². The number of hydrogen-bond donors (Lipinski definition) is 1. The zero-order valence-electron chi connectivity index (χ0n) is 15.1. The van der Waals surface area contributed by atoms with E-state index in [1.54, 1.807) is 6.07 Å². The first-order valence-corrected chi connectivity index (χ1v) is 9.25. The van der Waals surface area contributed by atoms with Crippen molar-refractivity contribution >= 4 is 17.5 Å². The average Bonchev–Trinajstić information content (AvgIpc) is 2.56. The number of rotatable bonds is 6. The molecule has 1 aliphatic rings. The van der Waals surface area contributed by atoms with Gasteiger partial charge in [0.15, 0.2) is 6.10 Å². The maximum atomic E-state index is 12.6. The number of nitrogens with zero attached hydrogens (tertiary/aromatic N) is 1. The number of aryl methyl sites for hydroxylation is 1. The summed E-state index contributed by atoms with van der Waals surface area (Å²) < 4.78 is 5.88. The summed E-state index contributed by atoms with van der Waals surface area (Å²) in [4.78, 5) is 15.0. The van der Waals surface area contributed by atoms with Crippen LogP contribution >= 0.6 is 11.6 Å². The lowest BCUT2D eigenvalue weighted by Crippen LogP contribution is -2.49. The van der Waals surface area contributed by atoms with E-state index in [0.29, 0.717) is 23.2 Å². The summed E-state index contributed by atoms with van der Waals surface area (Å²) in [5.41, 5.74) is 1.06. The highest BCUT2D eigenvalue weighted by Crippen LogP contribution is 2.27. The highest BCUT2D eigenvalue weighted by atomic mass is 35.5. The van der Waals surface area contributed by atoms with Crippen molar-refractivity contribution in [1.29, 1.82) is 0 Å². The molecular weight excluding hydrogens is 324 g/mol. The molecule has 1 saturated heterocycles. The van der Waals surface area contributed by atoms with Gasteiger partial charge in [0.1, 0.15) is 5.75 Å². The second-order valence-electron chi connectivity index (χ2n) is 6.86. The number of carbonyl (C=O) groups excluding carboxylic acids is 1. The molecule has 4 nitrogen and oxygen atoms in total. The lowest BCUT2D eigenvalue weighted by Gasteiger charge is -2.35. The molecule has 1 aliphatic heterocycles. The van der Waals surface area contributed by atoms with Crippen LogP contribution in [0.4, 0.5) is 0 Å². The number of halogens is 1. The third-order valence-corrected chi connectivity index (χ3v) is 4.94. The van der Waals surface area contributed by atoms with Crippen molar-refractivity contribution in [2.24, 2.45) is 0 Å². The van der Waals surface area contributed by atoms with Gasteiger partial charge in [-0.15, -0.1) is 0 Å². The summed E-state index contributed by atoms with van der Waals surface area (Å²) in [7, 11) is 0. The van der Waals surface area contributed by atoms with Gasteiger partial charge in [-0.25, -0.2) is 0 Å².